The first-order valence-corrected chi connectivity index (χ1v) is 10.3. The SMILES string of the molecule is Cc1ccc(S(=O)(=O)OCCn2cc(B3OC(C)(C)C(C)(C)O3)cn2)cc1. The van der Waals surface area contributed by atoms with Crippen molar-refractivity contribution in [1.29, 1.82) is 0 Å². The quantitative estimate of drug-likeness (QED) is 0.552. The molecule has 2 aromatic rings. The van der Waals surface area contributed by atoms with Gasteiger partial charge in [0.2, 0.25) is 0 Å². The molecule has 0 radical (unpaired) electrons. The summed E-state index contributed by atoms with van der Waals surface area (Å²) in [5.41, 5.74) is 0.923. The van der Waals surface area contributed by atoms with Gasteiger partial charge in [-0.05, 0) is 46.8 Å². The Kier molecular flexibility index (Phi) is 5.24. The molecule has 1 aliphatic heterocycles. The Bertz CT molecular complexity index is 890. The van der Waals surface area contributed by atoms with Crippen molar-refractivity contribution < 1.29 is 21.9 Å². The van der Waals surface area contributed by atoms with Crippen LogP contribution in [0, 0.1) is 6.92 Å². The molecule has 2 heterocycles. The van der Waals surface area contributed by atoms with Crippen molar-refractivity contribution in [2.75, 3.05) is 6.61 Å². The maximum Gasteiger partial charge on any atom is 0.498 e. The van der Waals surface area contributed by atoms with Gasteiger partial charge in [0.25, 0.3) is 10.1 Å². The first-order valence-electron chi connectivity index (χ1n) is 8.84. The highest BCUT2D eigenvalue weighted by Gasteiger charge is 2.52. The summed E-state index contributed by atoms with van der Waals surface area (Å²) in [5.74, 6) is 0. The minimum atomic E-state index is -3.78. The molecular weight excluding hydrogens is 367 g/mol. The van der Waals surface area contributed by atoms with Crippen LogP contribution >= 0.6 is 0 Å². The summed E-state index contributed by atoms with van der Waals surface area (Å²) in [4.78, 5) is 0.145. The zero-order chi connectivity index (χ0) is 19.9. The van der Waals surface area contributed by atoms with Gasteiger partial charge in [-0.25, -0.2) is 0 Å². The standard InChI is InChI=1S/C18H25BN2O5S/c1-14-6-8-16(9-7-14)27(22,23)24-11-10-21-13-15(12-20-21)19-25-17(2,3)18(4,5)26-19/h6-9,12-13H,10-11H2,1-5H3. The highest BCUT2D eigenvalue weighted by Crippen LogP contribution is 2.36. The lowest BCUT2D eigenvalue weighted by Crippen LogP contribution is -2.41. The highest BCUT2D eigenvalue weighted by atomic mass is 32.2. The Labute approximate surface area is 160 Å². The number of nitrogens with zero attached hydrogens (tertiary/aromatic N) is 2. The van der Waals surface area contributed by atoms with Gasteiger partial charge in [-0.2, -0.15) is 13.5 Å². The fourth-order valence-corrected chi connectivity index (χ4v) is 3.52. The molecule has 3 rings (SSSR count). The van der Waals surface area contributed by atoms with E-state index in [1.165, 1.54) is 12.1 Å². The van der Waals surface area contributed by atoms with Gasteiger partial charge in [0.15, 0.2) is 0 Å². The van der Waals surface area contributed by atoms with E-state index in [1.807, 2.05) is 34.6 Å². The molecule has 1 saturated heterocycles. The number of hydrogen-bond acceptors (Lipinski definition) is 6. The number of rotatable bonds is 6. The smallest absolute Gasteiger partial charge is 0.399 e. The Morgan fingerprint density at radius 2 is 1.70 bits per heavy atom. The van der Waals surface area contributed by atoms with Crippen molar-refractivity contribution in [3.8, 4) is 0 Å². The van der Waals surface area contributed by atoms with E-state index < -0.39 is 28.4 Å². The lowest BCUT2D eigenvalue weighted by molar-refractivity contribution is 0.00578. The van der Waals surface area contributed by atoms with Crippen molar-refractivity contribution in [2.45, 2.75) is 57.3 Å². The van der Waals surface area contributed by atoms with Crippen molar-refractivity contribution >= 4 is 22.7 Å². The zero-order valence-electron chi connectivity index (χ0n) is 16.3. The molecule has 0 atom stereocenters. The second-order valence-corrected chi connectivity index (χ2v) is 9.33. The Morgan fingerprint density at radius 3 is 2.30 bits per heavy atom. The molecule has 1 aromatic heterocycles. The van der Waals surface area contributed by atoms with Crippen LogP contribution in [0.15, 0.2) is 41.6 Å². The van der Waals surface area contributed by atoms with Crippen LogP contribution in [0.1, 0.15) is 33.3 Å². The van der Waals surface area contributed by atoms with Gasteiger partial charge in [-0.1, -0.05) is 17.7 Å². The third kappa shape index (κ3) is 4.26. The van der Waals surface area contributed by atoms with E-state index in [4.69, 9.17) is 13.5 Å². The van der Waals surface area contributed by atoms with E-state index in [9.17, 15) is 8.42 Å². The fraction of sp³-hybridized carbons (Fsp3) is 0.500. The average Bonchev–Trinajstić information content (AvgIpc) is 3.10. The minimum absolute atomic E-state index is 0.0132. The number of aryl methyl sites for hydroxylation is 1. The van der Waals surface area contributed by atoms with Crippen LogP contribution in [0.5, 0.6) is 0 Å². The third-order valence-electron chi connectivity index (χ3n) is 5.05. The molecule has 0 bridgehead atoms. The van der Waals surface area contributed by atoms with Crippen LogP contribution in [0.25, 0.3) is 0 Å². The summed E-state index contributed by atoms with van der Waals surface area (Å²) in [7, 11) is -4.28. The van der Waals surface area contributed by atoms with Gasteiger partial charge in [0.05, 0.1) is 29.2 Å². The second kappa shape index (κ2) is 7.05. The van der Waals surface area contributed by atoms with E-state index in [0.29, 0.717) is 6.54 Å². The van der Waals surface area contributed by atoms with Crippen molar-refractivity contribution in [3.63, 3.8) is 0 Å². The minimum Gasteiger partial charge on any atom is -0.399 e. The Morgan fingerprint density at radius 1 is 1.11 bits per heavy atom. The van der Waals surface area contributed by atoms with Crippen LogP contribution < -0.4 is 5.46 Å². The lowest BCUT2D eigenvalue weighted by atomic mass is 9.82. The molecule has 146 valence electrons. The van der Waals surface area contributed by atoms with E-state index >= 15 is 0 Å². The molecule has 0 unspecified atom stereocenters. The molecule has 0 amide bonds. The van der Waals surface area contributed by atoms with Gasteiger partial charge in [0, 0.05) is 17.9 Å². The average molecular weight is 392 g/mol. The molecule has 0 N–H and O–H groups in total. The van der Waals surface area contributed by atoms with E-state index in [2.05, 4.69) is 5.10 Å². The predicted octanol–water partition coefficient (Wildman–Crippen LogP) is 1.90. The largest absolute Gasteiger partial charge is 0.498 e. The van der Waals surface area contributed by atoms with Crippen LogP contribution in [0.3, 0.4) is 0 Å². The molecule has 9 heteroatoms. The van der Waals surface area contributed by atoms with Gasteiger partial charge in [-0.3, -0.25) is 8.86 Å². The molecule has 0 spiro atoms. The topological polar surface area (TPSA) is 79.7 Å². The summed E-state index contributed by atoms with van der Waals surface area (Å²) in [5, 5.41) is 4.24. The molecule has 0 saturated carbocycles. The van der Waals surface area contributed by atoms with Crippen molar-refractivity contribution in [3.05, 3.63) is 42.2 Å². The summed E-state index contributed by atoms with van der Waals surface area (Å²) in [6.45, 7) is 10.1. The molecular formula is C18H25BN2O5S. The number of hydrogen-bond donors (Lipinski definition) is 0. The van der Waals surface area contributed by atoms with E-state index in [0.717, 1.165) is 11.0 Å². The molecule has 1 aromatic carbocycles. The van der Waals surface area contributed by atoms with Crippen LogP contribution in [-0.4, -0.2) is 43.1 Å². The maximum absolute atomic E-state index is 12.2. The van der Waals surface area contributed by atoms with Gasteiger partial charge in [-0.15, -0.1) is 0 Å². The van der Waals surface area contributed by atoms with Crippen molar-refractivity contribution in [2.24, 2.45) is 0 Å². The summed E-state index contributed by atoms with van der Waals surface area (Å²) >= 11 is 0. The molecule has 27 heavy (non-hydrogen) atoms. The third-order valence-corrected chi connectivity index (χ3v) is 6.37. The second-order valence-electron chi connectivity index (χ2n) is 7.71. The van der Waals surface area contributed by atoms with Crippen LogP contribution in [0.2, 0.25) is 0 Å². The maximum atomic E-state index is 12.2. The highest BCUT2D eigenvalue weighted by molar-refractivity contribution is 7.86. The van der Waals surface area contributed by atoms with Gasteiger partial charge < -0.3 is 9.31 Å². The van der Waals surface area contributed by atoms with Crippen LogP contribution in [0.4, 0.5) is 0 Å². The zero-order valence-corrected chi connectivity index (χ0v) is 17.1. The van der Waals surface area contributed by atoms with Crippen molar-refractivity contribution in [1.82, 2.24) is 9.78 Å². The Hall–Kier alpha value is -1.68. The summed E-state index contributed by atoms with van der Waals surface area (Å²) in [6.07, 6.45) is 3.45. The molecule has 7 nitrogen and oxygen atoms in total. The monoisotopic (exact) mass is 392 g/mol. The first kappa shape index (κ1) is 20.1. The lowest BCUT2D eigenvalue weighted by Gasteiger charge is -2.32. The first-order chi connectivity index (χ1) is 12.5. The normalized spacial score (nSPS) is 18.8. The number of aromatic nitrogens is 2. The molecule has 1 aliphatic rings. The number of benzene rings is 1. The summed E-state index contributed by atoms with van der Waals surface area (Å²) < 4.78 is 43.1. The fourth-order valence-electron chi connectivity index (χ4n) is 2.62. The Balaban J connectivity index is 1.58. The summed E-state index contributed by atoms with van der Waals surface area (Å²) in [6, 6.07) is 6.55. The predicted molar refractivity (Wildman–Crippen MR) is 102 cm³/mol. The van der Waals surface area contributed by atoms with Gasteiger partial charge >= 0.3 is 7.12 Å². The van der Waals surface area contributed by atoms with E-state index in [-0.39, 0.29) is 11.5 Å². The van der Waals surface area contributed by atoms with Gasteiger partial charge in [0.1, 0.15) is 0 Å². The van der Waals surface area contributed by atoms with Crippen LogP contribution in [-0.2, 0) is 30.2 Å². The molecule has 1 fully saturated rings. The molecule has 0 aliphatic carbocycles. The van der Waals surface area contributed by atoms with E-state index in [1.54, 1.807) is 29.2 Å².